The molecule has 1 aromatic carbocycles. The molecule has 4 nitrogen and oxygen atoms in total. The standard InChI is InChI=1S/C7H7F2N3O.C7H7F.C2H6/c1-10-7(13)5-3-11-4(2-12-5)6(8)9;1-6-4-2-3-5-7(6)8;1-2/h2-3,6H,1H3,(H,10,13);2-5H,1H3;1-2H3. The number of nitrogens with one attached hydrogen (secondary N) is 1. The molecule has 1 aromatic heterocycles. The van der Waals surface area contributed by atoms with Crippen LogP contribution in [0.3, 0.4) is 0 Å². The molecule has 0 aliphatic heterocycles. The van der Waals surface area contributed by atoms with Crippen molar-refractivity contribution in [3.8, 4) is 0 Å². The largest absolute Gasteiger partial charge is 0.354 e. The van der Waals surface area contributed by atoms with Crippen molar-refractivity contribution in [2.24, 2.45) is 0 Å². The summed E-state index contributed by atoms with van der Waals surface area (Å²) in [7, 11) is 1.42. The van der Waals surface area contributed by atoms with Crippen LogP contribution in [0.2, 0.25) is 0 Å². The average Bonchev–Trinajstić information content (AvgIpc) is 2.59. The van der Waals surface area contributed by atoms with Crippen LogP contribution >= 0.6 is 0 Å². The Labute approximate surface area is 133 Å². The topological polar surface area (TPSA) is 54.9 Å². The van der Waals surface area contributed by atoms with Gasteiger partial charge in [-0.1, -0.05) is 32.0 Å². The van der Waals surface area contributed by atoms with Gasteiger partial charge in [-0.05, 0) is 18.6 Å². The molecule has 2 rings (SSSR count). The lowest BCUT2D eigenvalue weighted by molar-refractivity contribution is 0.0956. The molecule has 0 saturated heterocycles. The average molecular weight is 327 g/mol. The first-order chi connectivity index (χ1) is 11.0. The number of hydrogen-bond acceptors (Lipinski definition) is 3. The van der Waals surface area contributed by atoms with E-state index in [2.05, 4.69) is 15.3 Å². The third kappa shape index (κ3) is 7.39. The van der Waals surface area contributed by atoms with E-state index in [0.717, 1.165) is 12.4 Å². The van der Waals surface area contributed by atoms with Gasteiger partial charge in [0.1, 0.15) is 17.2 Å². The van der Waals surface area contributed by atoms with Gasteiger partial charge in [-0.15, -0.1) is 0 Å². The molecule has 0 atom stereocenters. The predicted octanol–water partition coefficient (Wildman–Crippen LogP) is 3.93. The predicted molar refractivity (Wildman–Crippen MR) is 82.9 cm³/mol. The number of halogens is 3. The third-order valence-corrected chi connectivity index (χ3v) is 2.43. The number of nitrogens with zero attached hydrogens (tertiary/aromatic N) is 2. The van der Waals surface area contributed by atoms with Crippen LogP contribution in [0, 0.1) is 12.7 Å². The van der Waals surface area contributed by atoms with E-state index in [1.807, 2.05) is 19.9 Å². The minimum atomic E-state index is -2.66. The minimum absolute atomic E-state index is 0.0203. The molecule has 1 N–H and O–H groups in total. The summed E-state index contributed by atoms with van der Waals surface area (Å²) < 4.78 is 36.3. The van der Waals surface area contributed by atoms with Crippen molar-refractivity contribution in [3.05, 3.63) is 59.4 Å². The van der Waals surface area contributed by atoms with Gasteiger partial charge in [0.05, 0.1) is 12.4 Å². The van der Waals surface area contributed by atoms with E-state index in [1.165, 1.54) is 13.1 Å². The Morgan fingerprint density at radius 1 is 1.13 bits per heavy atom. The van der Waals surface area contributed by atoms with Gasteiger partial charge in [0.2, 0.25) is 0 Å². The number of benzene rings is 1. The first-order valence-corrected chi connectivity index (χ1v) is 6.99. The monoisotopic (exact) mass is 327 g/mol. The lowest BCUT2D eigenvalue weighted by Gasteiger charge is -1.99. The van der Waals surface area contributed by atoms with Crippen LogP contribution in [0.5, 0.6) is 0 Å². The van der Waals surface area contributed by atoms with Crippen LogP contribution in [-0.4, -0.2) is 22.9 Å². The Morgan fingerprint density at radius 3 is 2.09 bits per heavy atom. The lowest BCUT2D eigenvalue weighted by Crippen LogP contribution is -2.19. The maximum Gasteiger partial charge on any atom is 0.281 e. The highest BCUT2D eigenvalue weighted by Crippen LogP contribution is 2.14. The van der Waals surface area contributed by atoms with Crippen LogP contribution in [0.1, 0.15) is 42.0 Å². The Kier molecular flexibility index (Phi) is 9.99. The van der Waals surface area contributed by atoms with E-state index in [0.29, 0.717) is 5.56 Å². The van der Waals surface area contributed by atoms with Crippen molar-refractivity contribution in [1.82, 2.24) is 15.3 Å². The molecule has 0 saturated carbocycles. The van der Waals surface area contributed by atoms with Crippen molar-refractivity contribution in [2.45, 2.75) is 27.2 Å². The molecule has 0 aliphatic carbocycles. The van der Waals surface area contributed by atoms with Crippen molar-refractivity contribution in [3.63, 3.8) is 0 Å². The van der Waals surface area contributed by atoms with E-state index < -0.39 is 18.0 Å². The molecule has 1 heterocycles. The van der Waals surface area contributed by atoms with Gasteiger partial charge in [-0.2, -0.15) is 0 Å². The number of hydrogen-bond donors (Lipinski definition) is 1. The number of carbonyl (C=O) groups excluding carboxylic acids is 1. The molecule has 0 unspecified atom stereocenters. The van der Waals surface area contributed by atoms with Crippen molar-refractivity contribution in [2.75, 3.05) is 7.05 Å². The van der Waals surface area contributed by atoms with Gasteiger partial charge in [-0.3, -0.25) is 9.78 Å². The fourth-order valence-corrected chi connectivity index (χ4v) is 1.25. The van der Waals surface area contributed by atoms with Crippen molar-refractivity contribution < 1.29 is 18.0 Å². The van der Waals surface area contributed by atoms with Crippen LogP contribution in [-0.2, 0) is 0 Å². The maximum atomic E-state index is 12.3. The summed E-state index contributed by atoms with van der Waals surface area (Å²) in [6.45, 7) is 5.75. The number of alkyl halides is 2. The summed E-state index contributed by atoms with van der Waals surface area (Å²) >= 11 is 0. The fraction of sp³-hybridized carbons (Fsp3) is 0.312. The number of aryl methyl sites for hydroxylation is 1. The first kappa shape index (κ1) is 20.6. The SMILES string of the molecule is CC.CNC(=O)c1cnc(C(F)F)cn1.Cc1ccccc1F. The lowest BCUT2D eigenvalue weighted by atomic mass is 10.2. The molecule has 0 radical (unpaired) electrons. The van der Waals surface area contributed by atoms with E-state index in [-0.39, 0.29) is 11.5 Å². The zero-order chi connectivity index (χ0) is 17.8. The van der Waals surface area contributed by atoms with Crippen molar-refractivity contribution in [1.29, 1.82) is 0 Å². The second-order valence-corrected chi connectivity index (χ2v) is 3.96. The molecular formula is C16H20F3N3O. The molecule has 7 heteroatoms. The van der Waals surface area contributed by atoms with Crippen LogP contribution in [0.25, 0.3) is 0 Å². The third-order valence-electron chi connectivity index (χ3n) is 2.43. The van der Waals surface area contributed by atoms with Gasteiger partial charge in [-0.25, -0.2) is 18.2 Å². The van der Waals surface area contributed by atoms with E-state index in [9.17, 15) is 18.0 Å². The van der Waals surface area contributed by atoms with Gasteiger partial charge >= 0.3 is 0 Å². The second kappa shape index (κ2) is 11.2. The molecule has 1 amide bonds. The minimum Gasteiger partial charge on any atom is -0.354 e. The summed E-state index contributed by atoms with van der Waals surface area (Å²) in [4.78, 5) is 17.8. The normalized spacial score (nSPS) is 9.22. The van der Waals surface area contributed by atoms with Crippen LogP contribution in [0.4, 0.5) is 13.2 Å². The summed E-state index contributed by atoms with van der Waals surface area (Å²) in [6, 6.07) is 6.70. The van der Waals surface area contributed by atoms with Gasteiger partial charge in [0.15, 0.2) is 0 Å². The smallest absolute Gasteiger partial charge is 0.281 e. The Bertz CT molecular complexity index is 568. The fourth-order valence-electron chi connectivity index (χ4n) is 1.25. The quantitative estimate of drug-likeness (QED) is 0.909. The molecule has 126 valence electrons. The summed E-state index contributed by atoms with van der Waals surface area (Å²) in [5.41, 5.74) is 0.284. The number of carbonyl (C=O) groups is 1. The molecule has 2 aromatic rings. The highest BCUT2D eigenvalue weighted by atomic mass is 19.3. The van der Waals surface area contributed by atoms with Crippen molar-refractivity contribution >= 4 is 5.91 Å². The highest BCUT2D eigenvalue weighted by molar-refractivity contribution is 5.91. The number of rotatable bonds is 2. The van der Waals surface area contributed by atoms with E-state index in [1.54, 1.807) is 19.1 Å². The van der Waals surface area contributed by atoms with Crippen LogP contribution in [0.15, 0.2) is 36.7 Å². The Morgan fingerprint density at radius 2 is 1.74 bits per heavy atom. The number of amides is 1. The van der Waals surface area contributed by atoms with E-state index >= 15 is 0 Å². The molecule has 0 bridgehead atoms. The van der Waals surface area contributed by atoms with E-state index in [4.69, 9.17) is 0 Å². The summed E-state index contributed by atoms with van der Waals surface area (Å²) in [5.74, 6) is -0.583. The second-order valence-electron chi connectivity index (χ2n) is 3.96. The Balaban J connectivity index is 0.000000414. The zero-order valence-electron chi connectivity index (χ0n) is 13.5. The molecular weight excluding hydrogens is 307 g/mol. The summed E-state index contributed by atoms with van der Waals surface area (Å²) in [5, 5.41) is 2.30. The Hall–Kier alpha value is -2.44. The summed E-state index contributed by atoms with van der Waals surface area (Å²) in [6.07, 6.45) is -0.763. The zero-order valence-corrected chi connectivity index (χ0v) is 13.5. The van der Waals surface area contributed by atoms with Gasteiger partial charge < -0.3 is 5.32 Å². The molecule has 0 spiro atoms. The molecule has 23 heavy (non-hydrogen) atoms. The first-order valence-electron chi connectivity index (χ1n) is 6.99. The maximum absolute atomic E-state index is 12.3. The molecule has 0 aliphatic rings. The van der Waals surface area contributed by atoms with Gasteiger partial charge in [0.25, 0.3) is 12.3 Å². The van der Waals surface area contributed by atoms with Crippen LogP contribution < -0.4 is 5.32 Å². The van der Waals surface area contributed by atoms with Gasteiger partial charge in [0, 0.05) is 7.05 Å². The highest BCUT2D eigenvalue weighted by Gasteiger charge is 2.11. The number of aromatic nitrogens is 2. The molecule has 0 fully saturated rings.